The molecule has 1 nitrogen and oxygen atoms in total. The van der Waals surface area contributed by atoms with Crippen molar-refractivity contribution in [3.05, 3.63) is 70.3 Å². The van der Waals surface area contributed by atoms with E-state index in [1.165, 1.54) is 23.3 Å². The first kappa shape index (κ1) is 17.0. The molecule has 0 aromatic heterocycles. The van der Waals surface area contributed by atoms with Gasteiger partial charge in [0, 0.05) is 5.92 Å². The van der Waals surface area contributed by atoms with Crippen molar-refractivity contribution in [3.8, 4) is 0 Å². The van der Waals surface area contributed by atoms with E-state index in [4.69, 9.17) is 0 Å². The lowest BCUT2D eigenvalue weighted by molar-refractivity contribution is -0.137. The fourth-order valence-electron chi connectivity index (χ4n) is 3.59. The molecule has 0 fully saturated rings. The molecule has 0 saturated heterocycles. The molecule has 3 rings (SSSR count). The molecule has 2 aromatic rings. The van der Waals surface area contributed by atoms with Gasteiger partial charge in [0.05, 0.1) is 5.56 Å². The van der Waals surface area contributed by atoms with E-state index in [0.29, 0.717) is 6.42 Å². The van der Waals surface area contributed by atoms with Crippen molar-refractivity contribution >= 4 is 0 Å². The molecule has 1 aliphatic rings. The fraction of sp³-hybridized carbons (Fsp3) is 0.400. The van der Waals surface area contributed by atoms with Crippen molar-refractivity contribution in [1.82, 2.24) is 4.90 Å². The number of hydrogen-bond acceptors (Lipinski definition) is 1. The van der Waals surface area contributed by atoms with Gasteiger partial charge < -0.3 is 4.90 Å². The maximum Gasteiger partial charge on any atom is 0.416 e. The van der Waals surface area contributed by atoms with Crippen molar-refractivity contribution in [2.75, 3.05) is 20.6 Å². The molecule has 0 heterocycles. The third-order valence-electron chi connectivity index (χ3n) is 4.76. The van der Waals surface area contributed by atoms with Crippen LogP contribution in [0.3, 0.4) is 0 Å². The van der Waals surface area contributed by atoms with Crippen LogP contribution in [0.4, 0.5) is 13.2 Å². The predicted octanol–water partition coefficient (Wildman–Crippen LogP) is 5.08. The Morgan fingerprint density at radius 2 is 1.71 bits per heavy atom. The molecule has 0 spiro atoms. The first-order valence-corrected chi connectivity index (χ1v) is 8.29. The second-order valence-electron chi connectivity index (χ2n) is 6.79. The molecule has 4 heteroatoms. The number of rotatable bonds is 4. The molecule has 2 aromatic carbocycles. The van der Waals surface area contributed by atoms with Crippen LogP contribution in [0.25, 0.3) is 0 Å². The zero-order valence-corrected chi connectivity index (χ0v) is 14.0. The second-order valence-corrected chi connectivity index (χ2v) is 6.79. The molecule has 1 aliphatic carbocycles. The van der Waals surface area contributed by atoms with Crippen LogP contribution in [-0.2, 0) is 12.6 Å². The summed E-state index contributed by atoms with van der Waals surface area (Å²) in [4.78, 5) is 2.11. The third-order valence-corrected chi connectivity index (χ3v) is 4.76. The van der Waals surface area contributed by atoms with Gasteiger partial charge in [-0.15, -0.1) is 0 Å². The van der Waals surface area contributed by atoms with E-state index in [2.05, 4.69) is 17.0 Å². The van der Waals surface area contributed by atoms with Gasteiger partial charge >= 0.3 is 6.18 Å². The summed E-state index contributed by atoms with van der Waals surface area (Å²) in [6.07, 6.45) is -1.75. The number of benzene rings is 2. The molecule has 24 heavy (non-hydrogen) atoms. The van der Waals surface area contributed by atoms with Gasteiger partial charge in [0.2, 0.25) is 0 Å². The topological polar surface area (TPSA) is 3.24 Å². The molecule has 128 valence electrons. The van der Waals surface area contributed by atoms with Crippen molar-refractivity contribution in [2.24, 2.45) is 0 Å². The fourth-order valence-corrected chi connectivity index (χ4v) is 3.59. The minimum absolute atomic E-state index is 0.0483. The summed E-state index contributed by atoms with van der Waals surface area (Å²) >= 11 is 0. The van der Waals surface area contributed by atoms with Gasteiger partial charge in [-0.05, 0) is 74.3 Å². The van der Waals surface area contributed by atoms with E-state index in [0.717, 1.165) is 30.5 Å². The molecule has 0 amide bonds. The van der Waals surface area contributed by atoms with E-state index in [9.17, 15) is 13.2 Å². The normalized spacial score (nSPS) is 16.8. The highest BCUT2D eigenvalue weighted by molar-refractivity contribution is 5.50. The third kappa shape index (κ3) is 3.48. The zero-order chi connectivity index (χ0) is 17.3. The largest absolute Gasteiger partial charge is 0.416 e. The lowest BCUT2D eigenvalue weighted by Crippen LogP contribution is -2.18. The van der Waals surface area contributed by atoms with Crippen LogP contribution in [0.15, 0.2) is 42.5 Å². The van der Waals surface area contributed by atoms with Crippen LogP contribution in [0.2, 0.25) is 0 Å². The molecule has 0 aliphatic heterocycles. The Bertz CT molecular complexity index is 719. The number of hydrogen-bond donors (Lipinski definition) is 0. The van der Waals surface area contributed by atoms with Crippen LogP contribution in [0.5, 0.6) is 0 Å². The molecule has 1 unspecified atom stereocenters. The number of fused-ring (bicyclic) bond motifs is 2. The van der Waals surface area contributed by atoms with Crippen LogP contribution in [-0.4, -0.2) is 25.5 Å². The van der Waals surface area contributed by atoms with E-state index < -0.39 is 11.7 Å². The predicted molar refractivity (Wildman–Crippen MR) is 90.3 cm³/mol. The van der Waals surface area contributed by atoms with Gasteiger partial charge in [-0.25, -0.2) is 0 Å². The van der Waals surface area contributed by atoms with Crippen LogP contribution in [0.1, 0.15) is 46.6 Å². The summed E-state index contributed by atoms with van der Waals surface area (Å²) in [6, 6.07) is 12.4. The average molecular weight is 333 g/mol. The standard InChI is InChI=1S/C20H22F3N/c1-24(2)11-5-8-18-17-7-4-3-6-14(17)12-15-9-10-16(13-19(15)18)20(21,22)23/h3-4,6-7,9-10,13,18H,5,8,11-12H2,1-2H3. The average Bonchev–Trinajstić information content (AvgIpc) is 2.52. The summed E-state index contributed by atoms with van der Waals surface area (Å²) in [5.41, 5.74) is 3.75. The van der Waals surface area contributed by atoms with E-state index in [1.807, 2.05) is 26.2 Å². The number of nitrogens with zero attached hydrogens (tertiary/aromatic N) is 1. The summed E-state index contributed by atoms with van der Waals surface area (Å²) in [6.45, 7) is 0.937. The SMILES string of the molecule is CN(C)CCCC1c2ccccc2Cc2ccc(C(F)(F)F)cc21. The minimum Gasteiger partial charge on any atom is -0.309 e. The molecular weight excluding hydrogens is 311 g/mol. The Hall–Kier alpha value is -1.81. The maximum absolute atomic E-state index is 13.1. The lowest BCUT2D eigenvalue weighted by Gasteiger charge is -2.29. The quantitative estimate of drug-likeness (QED) is 0.754. The molecule has 0 radical (unpaired) electrons. The van der Waals surface area contributed by atoms with Crippen molar-refractivity contribution in [2.45, 2.75) is 31.4 Å². The minimum atomic E-state index is -4.29. The van der Waals surface area contributed by atoms with E-state index >= 15 is 0 Å². The summed E-state index contributed by atoms with van der Waals surface area (Å²) in [5.74, 6) is 0.0483. The van der Waals surface area contributed by atoms with Crippen molar-refractivity contribution in [1.29, 1.82) is 0 Å². The highest BCUT2D eigenvalue weighted by Crippen LogP contribution is 2.41. The van der Waals surface area contributed by atoms with Gasteiger partial charge in [-0.2, -0.15) is 13.2 Å². The Labute approximate surface area is 141 Å². The molecule has 1 atom stereocenters. The Morgan fingerprint density at radius 1 is 1.00 bits per heavy atom. The van der Waals surface area contributed by atoms with Gasteiger partial charge in [0.25, 0.3) is 0 Å². The van der Waals surface area contributed by atoms with E-state index in [1.54, 1.807) is 6.07 Å². The monoisotopic (exact) mass is 333 g/mol. The Kier molecular flexibility index (Phi) is 4.68. The van der Waals surface area contributed by atoms with E-state index in [-0.39, 0.29) is 5.92 Å². The summed E-state index contributed by atoms with van der Waals surface area (Å²) in [7, 11) is 4.04. The highest BCUT2D eigenvalue weighted by atomic mass is 19.4. The molecular formula is C20H22F3N. The Morgan fingerprint density at radius 3 is 2.42 bits per heavy atom. The van der Waals surface area contributed by atoms with Crippen LogP contribution in [0, 0.1) is 0 Å². The smallest absolute Gasteiger partial charge is 0.309 e. The highest BCUT2D eigenvalue weighted by Gasteiger charge is 2.33. The first-order chi connectivity index (χ1) is 11.4. The Balaban J connectivity index is 1.99. The molecule has 0 saturated carbocycles. The van der Waals surface area contributed by atoms with Gasteiger partial charge in [0.15, 0.2) is 0 Å². The van der Waals surface area contributed by atoms with Crippen LogP contribution >= 0.6 is 0 Å². The summed E-state index contributed by atoms with van der Waals surface area (Å²) in [5, 5.41) is 0. The first-order valence-electron chi connectivity index (χ1n) is 8.29. The van der Waals surface area contributed by atoms with Gasteiger partial charge in [-0.3, -0.25) is 0 Å². The summed E-state index contributed by atoms with van der Waals surface area (Å²) < 4.78 is 39.4. The molecule has 0 bridgehead atoms. The number of halogens is 3. The maximum atomic E-state index is 13.1. The number of alkyl halides is 3. The van der Waals surface area contributed by atoms with Gasteiger partial charge in [0.1, 0.15) is 0 Å². The van der Waals surface area contributed by atoms with Gasteiger partial charge in [-0.1, -0.05) is 30.3 Å². The molecule has 0 N–H and O–H groups in total. The van der Waals surface area contributed by atoms with Crippen LogP contribution < -0.4 is 0 Å². The second kappa shape index (κ2) is 6.60. The van der Waals surface area contributed by atoms with Crippen molar-refractivity contribution in [3.63, 3.8) is 0 Å². The lowest BCUT2D eigenvalue weighted by atomic mass is 9.75. The zero-order valence-electron chi connectivity index (χ0n) is 14.0. The van der Waals surface area contributed by atoms with Crippen molar-refractivity contribution < 1.29 is 13.2 Å².